The number of hydrogen-bond donors (Lipinski definition) is 1. The van der Waals surface area contributed by atoms with Crippen LogP contribution in [0, 0.1) is 0 Å². The fraction of sp³-hybridized carbons (Fsp3) is 0.182. The molecule has 0 fully saturated rings. The molecule has 0 saturated heterocycles. The molecule has 2 aromatic carbocycles. The largest absolute Gasteiger partial charge is 0.548 e. The van der Waals surface area contributed by atoms with Crippen molar-refractivity contribution in [1.29, 1.82) is 0 Å². The van der Waals surface area contributed by atoms with E-state index in [4.69, 9.17) is 4.74 Å². The Morgan fingerprint density at radius 1 is 1.00 bits per heavy atom. The molecular formula is C22H18NO4S-. The number of carboxylic acids is 1. The molecule has 0 saturated carbocycles. The topological polar surface area (TPSA) is 78.5 Å². The highest BCUT2D eigenvalue weighted by molar-refractivity contribution is 7.09. The van der Waals surface area contributed by atoms with Gasteiger partial charge in [-0.2, -0.15) is 0 Å². The molecule has 0 aliphatic heterocycles. The van der Waals surface area contributed by atoms with Crippen molar-refractivity contribution in [3.8, 4) is 11.1 Å². The summed E-state index contributed by atoms with van der Waals surface area (Å²) in [4.78, 5) is 24.5. The molecule has 3 aromatic rings. The maximum Gasteiger partial charge on any atom is 0.407 e. The highest BCUT2D eigenvalue weighted by atomic mass is 32.1. The van der Waals surface area contributed by atoms with E-state index < -0.39 is 18.1 Å². The number of thiophene rings is 1. The number of hydrogen-bond acceptors (Lipinski definition) is 5. The third-order valence-corrected chi connectivity index (χ3v) is 5.80. The second kappa shape index (κ2) is 7.86. The van der Waals surface area contributed by atoms with Gasteiger partial charge >= 0.3 is 6.09 Å². The lowest BCUT2D eigenvalue weighted by Gasteiger charge is -2.20. The van der Waals surface area contributed by atoms with Crippen LogP contribution >= 0.6 is 11.3 Å². The monoisotopic (exact) mass is 392 g/mol. The zero-order valence-electron chi connectivity index (χ0n) is 15.0. The number of alkyl carbamates (subject to hydrolysis) is 1. The van der Waals surface area contributed by atoms with Crippen LogP contribution in [0.2, 0.25) is 0 Å². The van der Waals surface area contributed by atoms with Gasteiger partial charge in [0, 0.05) is 17.2 Å². The summed E-state index contributed by atoms with van der Waals surface area (Å²) in [5, 5.41) is 15.6. The normalized spacial score (nSPS) is 13.4. The molecule has 0 radical (unpaired) electrons. The lowest BCUT2D eigenvalue weighted by Crippen LogP contribution is -2.49. The van der Waals surface area contributed by atoms with Crippen LogP contribution in [0.1, 0.15) is 21.9 Å². The Balaban J connectivity index is 1.44. The first kappa shape index (κ1) is 18.3. The number of carboxylic acid groups (broad SMARTS) is 1. The van der Waals surface area contributed by atoms with Crippen molar-refractivity contribution < 1.29 is 19.4 Å². The molecule has 1 heterocycles. The van der Waals surface area contributed by atoms with Crippen LogP contribution in [0.15, 0.2) is 66.0 Å². The highest BCUT2D eigenvalue weighted by Gasteiger charge is 2.29. The Kier molecular flexibility index (Phi) is 5.12. The van der Waals surface area contributed by atoms with Crippen molar-refractivity contribution in [3.63, 3.8) is 0 Å². The van der Waals surface area contributed by atoms with Crippen LogP contribution in [-0.2, 0) is 16.0 Å². The molecular weight excluding hydrogens is 374 g/mol. The summed E-state index contributed by atoms with van der Waals surface area (Å²) in [7, 11) is 0. The summed E-state index contributed by atoms with van der Waals surface area (Å²) in [6, 6.07) is 18.6. The van der Waals surface area contributed by atoms with Crippen LogP contribution in [0.4, 0.5) is 4.79 Å². The molecule has 5 nitrogen and oxygen atoms in total. The average molecular weight is 392 g/mol. The molecule has 28 heavy (non-hydrogen) atoms. The summed E-state index contributed by atoms with van der Waals surface area (Å²) in [6.07, 6.45) is -0.586. The van der Waals surface area contributed by atoms with Crippen molar-refractivity contribution >= 4 is 23.4 Å². The number of aliphatic carboxylic acids is 1. The lowest BCUT2D eigenvalue weighted by molar-refractivity contribution is -0.308. The van der Waals surface area contributed by atoms with Gasteiger partial charge in [-0.05, 0) is 33.7 Å². The van der Waals surface area contributed by atoms with Crippen molar-refractivity contribution in [1.82, 2.24) is 5.32 Å². The molecule has 0 spiro atoms. The fourth-order valence-corrected chi connectivity index (χ4v) is 4.36. The van der Waals surface area contributed by atoms with E-state index in [0.29, 0.717) is 0 Å². The van der Waals surface area contributed by atoms with Crippen molar-refractivity contribution in [2.24, 2.45) is 0 Å². The predicted molar refractivity (Wildman–Crippen MR) is 105 cm³/mol. The number of ether oxygens (including phenoxy) is 1. The number of carbonyl (C=O) groups excluding carboxylic acids is 2. The SMILES string of the molecule is O=C(N[C@H](Cc1cccs1)C(=O)[O-])OCC1c2ccccc2-c2ccccc21. The van der Waals surface area contributed by atoms with E-state index in [2.05, 4.69) is 17.4 Å². The van der Waals surface area contributed by atoms with Gasteiger partial charge in [-0.3, -0.25) is 0 Å². The highest BCUT2D eigenvalue weighted by Crippen LogP contribution is 2.44. The zero-order chi connectivity index (χ0) is 19.5. The smallest absolute Gasteiger partial charge is 0.407 e. The number of amides is 1. The van der Waals surface area contributed by atoms with Crippen LogP contribution in [0.3, 0.4) is 0 Å². The molecule has 0 bridgehead atoms. The van der Waals surface area contributed by atoms with Gasteiger partial charge in [0.25, 0.3) is 0 Å². The summed E-state index contributed by atoms with van der Waals surface area (Å²) in [6.45, 7) is 0.138. The summed E-state index contributed by atoms with van der Waals surface area (Å²) < 4.78 is 5.40. The van der Waals surface area contributed by atoms with Crippen LogP contribution in [-0.4, -0.2) is 24.7 Å². The first-order valence-electron chi connectivity index (χ1n) is 8.98. The van der Waals surface area contributed by atoms with Gasteiger partial charge < -0.3 is 20.0 Å². The van der Waals surface area contributed by atoms with Crippen LogP contribution < -0.4 is 10.4 Å². The van der Waals surface area contributed by atoms with Crippen molar-refractivity contribution in [2.75, 3.05) is 6.61 Å². The second-order valence-electron chi connectivity index (χ2n) is 6.62. The minimum atomic E-state index is -1.33. The Bertz CT molecular complexity index is 954. The van der Waals surface area contributed by atoms with Gasteiger partial charge in [0.05, 0.1) is 12.0 Å². The molecule has 1 aliphatic rings. The quantitative estimate of drug-likeness (QED) is 0.700. The van der Waals surface area contributed by atoms with Gasteiger partial charge in [0.2, 0.25) is 0 Å². The third kappa shape index (κ3) is 3.64. The van der Waals surface area contributed by atoms with Gasteiger partial charge in [-0.1, -0.05) is 54.6 Å². The molecule has 1 amide bonds. The lowest BCUT2D eigenvalue weighted by atomic mass is 9.98. The maximum atomic E-state index is 12.2. The van der Waals surface area contributed by atoms with Gasteiger partial charge in [0.15, 0.2) is 0 Å². The van der Waals surface area contributed by atoms with E-state index in [-0.39, 0.29) is 18.9 Å². The predicted octanol–water partition coefficient (Wildman–Crippen LogP) is 2.95. The average Bonchev–Trinajstić information content (AvgIpc) is 3.32. The molecule has 1 atom stereocenters. The molecule has 1 N–H and O–H groups in total. The Labute approximate surface area is 166 Å². The molecule has 1 aromatic heterocycles. The van der Waals surface area contributed by atoms with Crippen molar-refractivity contribution in [3.05, 3.63) is 82.0 Å². The van der Waals surface area contributed by atoms with E-state index in [9.17, 15) is 14.7 Å². The van der Waals surface area contributed by atoms with Crippen LogP contribution in [0.5, 0.6) is 0 Å². The number of nitrogens with one attached hydrogen (secondary N) is 1. The van der Waals surface area contributed by atoms with Gasteiger partial charge in [0.1, 0.15) is 6.61 Å². The van der Waals surface area contributed by atoms with E-state index in [1.807, 2.05) is 53.9 Å². The first-order valence-corrected chi connectivity index (χ1v) is 9.86. The number of carbonyl (C=O) groups is 2. The Hall–Kier alpha value is -3.12. The molecule has 1 aliphatic carbocycles. The Morgan fingerprint density at radius 3 is 2.21 bits per heavy atom. The first-order chi connectivity index (χ1) is 13.6. The van der Waals surface area contributed by atoms with E-state index in [1.54, 1.807) is 0 Å². The Morgan fingerprint density at radius 2 is 1.64 bits per heavy atom. The minimum absolute atomic E-state index is 0.0724. The van der Waals surface area contributed by atoms with Gasteiger partial charge in [-0.15, -0.1) is 11.3 Å². The molecule has 0 unspecified atom stereocenters. The zero-order valence-corrected chi connectivity index (χ0v) is 15.8. The number of benzene rings is 2. The maximum absolute atomic E-state index is 12.2. The number of rotatable bonds is 6. The molecule has 6 heteroatoms. The summed E-state index contributed by atoms with van der Waals surface area (Å²) in [5.74, 6) is -1.40. The van der Waals surface area contributed by atoms with E-state index in [1.165, 1.54) is 11.3 Å². The standard InChI is InChI=1S/C22H19NO4S/c24-21(25)20(12-14-6-5-11-28-14)23-22(26)27-13-19-17-9-3-1-7-15(17)16-8-2-4-10-18(16)19/h1-11,19-20H,12-13H2,(H,23,26)(H,24,25)/p-1/t20-/m1/s1. The van der Waals surface area contributed by atoms with E-state index in [0.717, 1.165) is 27.1 Å². The third-order valence-electron chi connectivity index (χ3n) is 4.91. The van der Waals surface area contributed by atoms with Crippen molar-refractivity contribution in [2.45, 2.75) is 18.4 Å². The summed E-state index contributed by atoms with van der Waals surface area (Å²) >= 11 is 1.43. The van der Waals surface area contributed by atoms with E-state index >= 15 is 0 Å². The molecule has 4 rings (SSSR count). The van der Waals surface area contributed by atoms with Crippen LogP contribution in [0.25, 0.3) is 11.1 Å². The molecule has 142 valence electrons. The fourth-order valence-electron chi connectivity index (χ4n) is 3.61. The van der Waals surface area contributed by atoms with Gasteiger partial charge in [-0.25, -0.2) is 4.79 Å². The summed E-state index contributed by atoms with van der Waals surface area (Å²) in [5.41, 5.74) is 4.48. The minimum Gasteiger partial charge on any atom is -0.548 e. The second-order valence-corrected chi connectivity index (χ2v) is 7.66. The number of fused-ring (bicyclic) bond motifs is 3.